The van der Waals surface area contributed by atoms with Gasteiger partial charge in [-0.05, 0) is 12.8 Å². The van der Waals surface area contributed by atoms with Gasteiger partial charge in [0.2, 0.25) is 0 Å². The van der Waals surface area contributed by atoms with Gasteiger partial charge in [-0.3, -0.25) is 0 Å². The van der Waals surface area contributed by atoms with Crippen molar-refractivity contribution < 1.29 is 0 Å². The van der Waals surface area contributed by atoms with E-state index in [0.717, 1.165) is 6.42 Å². The summed E-state index contributed by atoms with van der Waals surface area (Å²) in [7, 11) is 0. The van der Waals surface area contributed by atoms with E-state index >= 15 is 0 Å². The maximum absolute atomic E-state index is 5.22. The monoisotopic (exact) mass is 110 g/mol. The van der Waals surface area contributed by atoms with Crippen molar-refractivity contribution in [2.24, 2.45) is 5.92 Å². The van der Waals surface area contributed by atoms with E-state index in [1.54, 1.807) is 0 Å². The van der Waals surface area contributed by atoms with Crippen molar-refractivity contribution in [2.75, 3.05) is 0 Å². The molecule has 0 aromatic rings. The van der Waals surface area contributed by atoms with Crippen molar-refractivity contribution in [1.29, 1.82) is 0 Å². The van der Waals surface area contributed by atoms with Gasteiger partial charge in [0.15, 0.2) is 0 Å². The Morgan fingerprint density at radius 1 is 1.50 bits per heavy atom. The van der Waals surface area contributed by atoms with E-state index in [4.69, 9.17) is 6.42 Å². The van der Waals surface area contributed by atoms with Crippen molar-refractivity contribution in [2.45, 2.75) is 33.1 Å². The Labute approximate surface area is 52.3 Å². The zero-order valence-corrected chi connectivity index (χ0v) is 5.78. The van der Waals surface area contributed by atoms with Crippen LogP contribution in [0.1, 0.15) is 33.1 Å². The van der Waals surface area contributed by atoms with E-state index in [9.17, 15) is 0 Å². The minimum absolute atomic E-state index is 0.528. The average Bonchev–Trinajstić information content (AvgIpc) is 1.83. The molecule has 0 nitrogen and oxygen atoms in total. The summed E-state index contributed by atoms with van der Waals surface area (Å²) in [6.07, 6.45) is 8.75. The Morgan fingerprint density at radius 2 is 2.12 bits per heavy atom. The summed E-state index contributed by atoms with van der Waals surface area (Å²) in [5.41, 5.74) is 0. The summed E-state index contributed by atoms with van der Waals surface area (Å²) in [5, 5.41) is 0. The van der Waals surface area contributed by atoms with Crippen LogP contribution in [0.2, 0.25) is 0 Å². The molecule has 0 heteroatoms. The van der Waals surface area contributed by atoms with Crippen LogP contribution in [0.4, 0.5) is 0 Å². The molecule has 0 aliphatic carbocycles. The van der Waals surface area contributed by atoms with Crippen LogP contribution in [-0.4, -0.2) is 0 Å². The van der Waals surface area contributed by atoms with Crippen LogP contribution in [0.25, 0.3) is 0 Å². The molecule has 0 aromatic heterocycles. The molecule has 0 spiro atoms. The van der Waals surface area contributed by atoms with Gasteiger partial charge in [0.05, 0.1) is 0 Å². The van der Waals surface area contributed by atoms with Crippen LogP contribution in [0.3, 0.4) is 0 Å². The lowest BCUT2D eigenvalue weighted by molar-refractivity contribution is 0.582. The van der Waals surface area contributed by atoms with E-state index in [0.29, 0.717) is 5.92 Å². The van der Waals surface area contributed by atoms with Gasteiger partial charge in [-0.1, -0.05) is 20.3 Å². The third-order valence-corrected chi connectivity index (χ3v) is 1.37. The second kappa shape index (κ2) is 4.71. The fraction of sp³-hybridized carbons (Fsp3) is 0.750. The van der Waals surface area contributed by atoms with Gasteiger partial charge in [0, 0.05) is 5.92 Å². The molecule has 0 saturated carbocycles. The van der Waals surface area contributed by atoms with Crippen LogP contribution in [0, 0.1) is 18.3 Å². The Bertz CT molecular complexity index is 76.5. The number of hydrogen-bond donors (Lipinski definition) is 0. The molecule has 0 rings (SSSR count). The molecule has 0 bridgehead atoms. The molecule has 0 N–H and O–H groups in total. The highest BCUT2D eigenvalue weighted by molar-refractivity contribution is 4.91. The van der Waals surface area contributed by atoms with Gasteiger partial charge in [0.1, 0.15) is 0 Å². The first-order valence-electron chi connectivity index (χ1n) is 3.31. The first-order chi connectivity index (χ1) is 3.85. The topological polar surface area (TPSA) is 0 Å². The Balaban J connectivity index is 3.26. The molecule has 8 heavy (non-hydrogen) atoms. The first-order valence-corrected chi connectivity index (χ1v) is 3.31. The van der Waals surface area contributed by atoms with E-state index in [1.165, 1.54) is 12.8 Å². The summed E-state index contributed by atoms with van der Waals surface area (Å²) in [5.74, 6) is 3.28. The fourth-order valence-electron chi connectivity index (χ4n) is 0.754. The van der Waals surface area contributed by atoms with Crippen molar-refractivity contribution in [3.05, 3.63) is 0 Å². The van der Waals surface area contributed by atoms with Gasteiger partial charge in [0.25, 0.3) is 0 Å². The normalized spacial score (nSPS) is 12.6. The highest BCUT2D eigenvalue weighted by Gasteiger charge is 1.96. The molecule has 1 atom stereocenters. The smallest absolute Gasteiger partial charge is 0.0197 e. The summed E-state index contributed by atoms with van der Waals surface area (Å²) in [4.78, 5) is 0. The molecule has 0 amide bonds. The zero-order valence-electron chi connectivity index (χ0n) is 5.78. The molecule has 0 radical (unpaired) electrons. The molecule has 46 valence electrons. The second-order valence-corrected chi connectivity index (χ2v) is 2.06. The minimum atomic E-state index is 0.528. The maximum Gasteiger partial charge on any atom is 0.0197 e. The molecular formula is C8H14. The van der Waals surface area contributed by atoms with Crippen LogP contribution < -0.4 is 0 Å². The van der Waals surface area contributed by atoms with Crippen molar-refractivity contribution >= 4 is 0 Å². The highest BCUT2D eigenvalue weighted by Crippen LogP contribution is 2.07. The lowest BCUT2D eigenvalue weighted by Crippen LogP contribution is -1.91. The van der Waals surface area contributed by atoms with E-state index in [-0.39, 0.29) is 0 Å². The summed E-state index contributed by atoms with van der Waals surface area (Å²) in [6.45, 7) is 4.31. The largest absolute Gasteiger partial charge is 0.120 e. The van der Waals surface area contributed by atoms with E-state index in [2.05, 4.69) is 19.8 Å². The van der Waals surface area contributed by atoms with Crippen LogP contribution in [-0.2, 0) is 0 Å². The van der Waals surface area contributed by atoms with Crippen molar-refractivity contribution in [3.8, 4) is 12.3 Å². The lowest BCUT2D eigenvalue weighted by Gasteiger charge is -2.02. The highest BCUT2D eigenvalue weighted by atomic mass is 14.0. The molecule has 0 saturated heterocycles. The van der Waals surface area contributed by atoms with Crippen LogP contribution in [0.5, 0.6) is 0 Å². The number of terminal acetylenes is 1. The zero-order chi connectivity index (χ0) is 6.41. The Morgan fingerprint density at radius 3 is 2.25 bits per heavy atom. The lowest BCUT2D eigenvalue weighted by atomic mass is 10.0. The molecule has 1 unspecified atom stereocenters. The third-order valence-electron chi connectivity index (χ3n) is 1.37. The van der Waals surface area contributed by atoms with Gasteiger partial charge >= 0.3 is 0 Å². The van der Waals surface area contributed by atoms with Gasteiger partial charge in [-0.15, -0.1) is 12.3 Å². The maximum atomic E-state index is 5.22. The van der Waals surface area contributed by atoms with Gasteiger partial charge < -0.3 is 0 Å². The second-order valence-electron chi connectivity index (χ2n) is 2.06. The first kappa shape index (κ1) is 7.56. The van der Waals surface area contributed by atoms with Gasteiger partial charge in [-0.2, -0.15) is 0 Å². The van der Waals surface area contributed by atoms with Crippen LogP contribution >= 0.6 is 0 Å². The van der Waals surface area contributed by atoms with Gasteiger partial charge in [-0.25, -0.2) is 0 Å². The number of rotatable bonds is 3. The predicted octanol–water partition coefficient (Wildman–Crippen LogP) is 2.45. The standard InChI is InChI=1S/C8H14/c1-4-7-8(5-2)6-3/h2,8H,4,6-7H2,1,3H3. The molecule has 0 aliphatic rings. The fourth-order valence-corrected chi connectivity index (χ4v) is 0.754. The SMILES string of the molecule is C#CC(CC)CCC. The van der Waals surface area contributed by atoms with Crippen LogP contribution in [0.15, 0.2) is 0 Å². The van der Waals surface area contributed by atoms with Crippen molar-refractivity contribution in [1.82, 2.24) is 0 Å². The predicted molar refractivity (Wildman–Crippen MR) is 37.5 cm³/mol. The summed E-state index contributed by atoms with van der Waals surface area (Å²) in [6, 6.07) is 0. The molecule has 0 heterocycles. The molecular weight excluding hydrogens is 96.1 g/mol. The van der Waals surface area contributed by atoms with E-state index in [1.807, 2.05) is 0 Å². The molecule has 0 fully saturated rings. The van der Waals surface area contributed by atoms with Crippen molar-refractivity contribution in [3.63, 3.8) is 0 Å². The average molecular weight is 110 g/mol. The van der Waals surface area contributed by atoms with E-state index < -0.39 is 0 Å². The molecule has 0 aromatic carbocycles. The minimum Gasteiger partial charge on any atom is -0.120 e. The number of hydrogen-bond acceptors (Lipinski definition) is 0. The summed E-state index contributed by atoms with van der Waals surface area (Å²) >= 11 is 0. The summed E-state index contributed by atoms with van der Waals surface area (Å²) < 4.78 is 0. The quantitative estimate of drug-likeness (QED) is 0.489. The third kappa shape index (κ3) is 2.69. The molecule has 0 aliphatic heterocycles. The Kier molecular flexibility index (Phi) is 4.45. The Hall–Kier alpha value is -0.440.